The van der Waals surface area contributed by atoms with E-state index in [0.717, 1.165) is 36.0 Å². The number of carbonyl (C=O) groups is 1. The summed E-state index contributed by atoms with van der Waals surface area (Å²) >= 11 is 5.17. The summed E-state index contributed by atoms with van der Waals surface area (Å²) in [6.07, 6.45) is 3.48. The van der Waals surface area contributed by atoms with Gasteiger partial charge in [-0.25, -0.2) is 0 Å². The van der Waals surface area contributed by atoms with E-state index in [-0.39, 0.29) is 11.9 Å². The number of rotatable bonds is 6. The molecule has 2 heterocycles. The Morgan fingerprint density at radius 3 is 3.04 bits per heavy atom. The molecule has 122 valence electrons. The predicted octanol–water partition coefficient (Wildman–Crippen LogP) is 5.03. The monoisotopic (exact) mass is 393 g/mol. The summed E-state index contributed by atoms with van der Waals surface area (Å²) in [5.74, 6) is 1.09. The summed E-state index contributed by atoms with van der Waals surface area (Å²) in [7, 11) is 0. The number of benzene rings is 1. The van der Waals surface area contributed by atoms with Crippen LogP contribution in [-0.4, -0.2) is 24.0 Å². The number of nitrogens with zero attached hydrogens (tertiary/aromatic N) is 1. The highest BCUT2D eigenvalue weighted by Crippen LogP contribution is 2.34. The lowest BCUT2D eigenvalue weighted by Gasteiger charge is -2.24. The highest BCUT2D eigenvalue weighted by Gasteiger charge is 2.29. The second-order valence-electron chi connectivity index (χ2n) is 5.67. The third-order valence-electron chi connectivity index (χ3n) is 4.04. The summed E-state index contributed by atoms with van der Waals surface area (Å²) in [4.78, 5) is 15.8. The first-order valence-electron chi connectivity index (χ1n) is 7.95. The molecule has 0 N–H and O–H groups in total. The Hall–Kier alpha value is -1.33. The first-order chi connectivity index (χ1) is 11.2. The van der Waals surface area contributed by atoms with E-state index in [4.69, 9.17) is 4.74 Å². The molecule has 0 saturated carbocycles. The summed E-state index contributed by atoms with van der Waals surface area (Å²) in [6.45, 7) is 1.45. The van der Waals surface area contributed by atoms with E-state index in [9.17, 15) is 4.79 Å². The topological polar surface area (TPSA) is 29.5 Å². The largest absolute Gasteiger partial charge is 0.494 e. The van der Waals surface area contributed by atoms with E-state index in [1.165, 1.54) is 4.88 Å². The van der Waals surface area contributed by atoms with Crippen LogP contribution in [0.15, 0.2) is 46.3 Å². The van der Waals surface area contributed by atoms with Crippen molar-refractivity contribution < 1.29 is 9.53 Å². The molecule has 1 aromatic carbocycles. The van der Waals surface area contributed by atoms with Gasteiger partial charge in [-0.1, -0.05) is 28.1 Å². The highest BCUT2D eigenvalue weighted by molar-refractivity contribution is 9.10. The van der Waals surface area contributed by atoms with Gasteiger partial charge in [0.15, 0.2) is 0 Å². The molecule has 0 radical (unpaired) electrons. The van der Waals surface area contributed by atoms with E-state index in [2.05, 4.69) is 33.4 Å². The Morgan fingerprint density at radius 1 is 1.35 bits per heavy atom. The van der Waals surface area contributed by atoms with Gasteiger partial charge in [-0.3, -0.25) is 4.79 Å². The molecule has 3 nitrogen and oxygen atoms in total. The van der Waals surface area contributed by atoms with Gasteiger partial charge in [0.25, 0.3) is 0 Å². The van der Waals surface area contributed by atoms with Gasteiger partial charge in [0.2, 0.25) is 5.91 Å². The summed E-state index contributed by atoms with van der Waals surface area (Å²) in [6, 6.07) is 12.3. The van der Waals surface area contributed by atoms with E-state index in [0.29, 0.717) is 13.0 Å². The van der Waals surface area contributed by atoms with Crippen molar-refractivity contribution in [3.05, 3.63) is 51.1 Å². The smallest absolute Gasteiger partial charge is 0.223 e. The molecule has 1 saturated heterocycles. The van der Waals surface area contributed by atoms with Crippen LogP contribution in [0, 0.1) is 0 Å². The minimum atomic E-state index is 0.249. The minimum absolute atomic E-state index is 0.249. The standard InChI is InChI=1S/C18H20BrNO2S/c19-14-5-1-6-15(13-14)22-11-3-9-18(21)20-10-2-7-16(20)17-8-4-12-23-17/h1,4-6,8,12-13,16H,2-3,7,9-11H2. The molecule has 23 heavy (non-hydrogen) atoms. The fourth-order valence-corrected chi connectivity index (χ4v) is 4.21. The Kier molecular flexibility index (Phi) is 5.73. The zero-order chi connectivity index (χ0) is 16.1. The van der Waals surface area contributed by atoms with Crippen LogP contribution in [0.1, 0.15) is 36.6 Å². The Labute approximate surface area is 149 Å². The summed E-state index contributed by atoms with van der Waals surface area (Å²) in [5.41, 5.74) is 0. The second-order valence-corrected chi connectivity index (χ2v) is 7.56. The van der Waals surface area contributed by atoms with Crippen LogP contribution in [-0.2, 0) is 4.79 Å². The summed E-state index contributed by atoms with van der Waals surface area (Å²) in [5, 5.41) is 2.09. The van der Waals surface area contributed by atoms with Crippen LogP contribution in [0.4, 0.5) is 0 Å². The van der Waals surface area contributed by atoms with Crippen molar-refractivity contribution in [2.75, 3.05) is 13.2 Å². The molecule has 1 amide bonds. The summed E-state index contributed by atoms with van der Waals surface area (Å²) < 4.78 is 6.70. The third kappa shape index (κ3) is 4.36. The average Bonchev–Trinajstić information content (AvgIpc) is 3.21. The molecule has 0 spiro atoms. The zero-order valence-electron chi connectivity index (χ0n) is 12.9. The molecule has 5 heteroatoms. The first kappa shape index (κ1) is 16.5. The maximum Gasteiger partial charge on any atom is 0.223 e. The number of carbonyl (C=O) groups excluding carboxylic acids is 1. The van der Waals surface area contributed by atoms with Crippen molar-refractivity contribution >= 4 is 33.2 Å². The lowest BCUT2D eigenvalue weighted by Crippen LogP contribution is -2.30. The molecule has 1 aromatic heterocycles. The molecule has 0 bridgehead atoms. The molecule has 1 unspecified atom stereocenters. The van der Waals surface area contributed by atoms with Gasteiger partial charge in [0.05, 0.1) is 12.6 Å². The van der Waals surface area contributed by atoms with Crippen molar-refractivity contribution in [3.63, 3.8) is 0 Å². The lowest BCUT2D eigenvalue weighted by atomic mass is 10.2. The maximum absolute atomic E-state index is 12.5. The molecule has 1 atom stereocenters. The van der Waals surface area contributed by atoms with Crippen LogP contribution in [0.5, 0.6) is 5.75 Å². The molecule has 0 aliphatic carbocycles. The fourth-order valence-electron chi connectivity index (χ4n) is 2.96. The number of hydrogen-bond donors (Lipinski definition) is 0. The Bertz CT molecular complexity index is 644. The number of halogens is 1. The second kappa shape index (κ2) is 7.97. The van der Waals surface area contributed by atoms with E-state index < -0.39 is 0 Å². The van der Waals surface area contributed by atoms with Crippen molar-refractivity contribution in [1.82, 2.24) is 4.90 Å². The van der Waals surface area contributed by atoms with E-state index in [1.54, 1.807) is 11.3 Å². The predicted molar refractivity (Wildman–Crippen MR) is 96.9 cm³/mol. The van der Waals surface area contributed by atoms with E-state index >= 15 is 0 Å². The molecule has 1 aliphatic rings. The van der Waals surface area contributed by atoms with Gasteiger partial charge in [-0.2, -0.15) is 0 Å². The van der Waals surface area contributed by atoms with Crippen LogP contribution in [0.25, 0.3) is 0 Å². The molecule has 2 aromatic rings. The van der Waals surface area contributed by atoms with E-state index in [1.807, 2.05) is 29.2 Å². The number of hydrogen-bond acceptors (Lipinski definition) is 3. The van der Waals surface area contributed by atoms with Gasteiger partial charge in [-0.05, 0) is 48.9 Å². The van der Waals surface area contributed by atoms with Crippen LogP contribution < -0.4 is 4.74 Å². The molecular formula is C18H20BrNO2S. The van der Waals surface area contributed by atoms with Gasteiger partial charge in [0.1, 0.15) is 5.75 Å². The van der Waals surface area contributed by atoms with Crippen molar-refractivity contribution in [2.24, 2.45) is 0 Å². The van der Waals surface area contributed by atoms with Crippen LogP contribution >= 0.6 is 27.3 Å². The van der Waals surface area contributed by atoms with Crippen molar-refractivity contribution in [2.45, 2.75) is 31.7 Å². The number of amides is 1. The van der Waals surface area contributed by atoms with Crippen molar-refractivity contribution in [1.29, 1.82) is 0 Å². The quantitative estimate of drug-likeness (QED) is 0.643. The SMILES string of the molecule is O=C(CCCOc1cccc(Br)c1)N1CCCC1c1cccs1. The number of likely N-dealkylation sites (tertiary alicyclic amines) is 1. The van der Waals surface area contributed by atoms with Crippen LogP contribution in [0.2, 0.25) is 0 Å². The zero-order valence-corrected chi connectivity index (χ0v) is 15.3. The van der Waals surface area contributed by atoms with Gasteiger partial charge in [-0.15, -0.1) is 11.3 Å². The molecule has 1 fully saturated rings. The Morgan fingerprint density at radius 2 is 2.26 bits per heavy atom. The third-order valence-corrected chi connectivity index (χ3v) is 5.51. The van der Waals surface area contributed by atoms with Crippen LogP contribution in [0.3, 0.4) is 0 Å². The highest BCUT2D eigenvalue weighted by atomic mass is 79.9. The normalized spacial score (nSPS) is 17.4. The van der Waals surface area contributed by atoms with Gasteiger partial charge in [0, 0.05) is 22.3 Å². The average molecular weight is 394 g/mol. The first-order valence-corrected chi connectivity index (χ1v) is 9.62. The van der Waals surface area contributed by atoms with Gasteiger partial charge < -0.3 is 9.64 Å². The maximum atomic E-state index is 12.5. The van der Waals surface area contributed by atoms with Crippen molar-refractivity contribution in [3.8, 4) is 5.75 Å². The van der Waals surface area contributed by atoms with Gasteiger partial charge >= 0.3 is 0 Å². The molecule has 1 aliphatic heterocycles. The lowest BCUT2D eigenvalue weighted by molar-refractivity contribution is -0.132. The Balaban J connectivity index is 1.46. The molecule has 3 rings (SSSR count). The molecular weight excluding hydrogens is 374 g/mol. The number of thiophene rings is 1. The fraction of sp³-hybridized carbons (Fsp3) is 0.389. The number of ether oxygens (including phenoxy) is 1. The minimum Gasteiger partial charge on any atom is -0.494 e.